The Labute approximate surface area is 160 Å². The van der Waals surface area contributed by atoms with E-state index in [0.29, 0.717) is 35.1 Å². The van der Waals surface area contributed by atoms with Gasteiger partial charge in [0.05, 0.1) is 16.6 Å². The molecular weight excluding hydrogens is 371 g/mol. The van der Waals surface area contributed by atoms with E-state index in [4.69, 9.17) is 0 Å². The van der Waals surface area contributed by atoms with Gasteiger partial charge in [-0.2, -0.15) is 18.4 Å². The number of hydrogen-bond acceptors (Lipinski definition) is 5. The fraction of sp³-hybridized carbons (Fsp3) is 0.474. The molecule has 1 amide bonds. The molecule has 1 saturated heterocycles. The molecule has 6 nitrogen and oxygen atoms in total. The molecule has 1 fully saturated rings. The highest BCUT2D eigenvalue weighted by atomic mass is 19.4. The second-order valence-corrected chi connectivity index (χ2v) is 7.89. The van der Waals surface area contributed by atoms with Crippen molar-refractivity contribution in [3.8, 4) is 6.07 Å². The van der Waals surface area contributed by atoms with Crippen LogP contribution in [-0.2, 0) is 10.3 Å². The van der Waals surface area contributed by atoms with Gasteiger partial charge in [0.2, 0.25) is 5.91 Å². The lowest BCUT2D eigenvalue weighted by molar-refractivity contribution is -0.155. The third-order valence-electron chi connectivity index (χ3n) is 4.81. The fourth-order valence-corrected chi connectivity index (χ4v) is 3.93. The normalized spacial score (nSPS) is 21.9. The van der Waals surface area contributed by atoms with Crippen molar-refractivity contribution in [1.29, 1.82) is 5.26 Å². The van der Waals surface area contributed by atoms with Crippen molar-refractivity contribution in [2.75, 3.05) is 13.1 Å². The second-order valence-electron chi connectivity index (χ2n) is 7.89. The van der Waals surface area contributed by atoms with E-state index in [1.54, 1.807) is 12.1 Å². The summed E-state index contributed by atoms with van der Waals surface area (Å²) >= 11 is 0. The number of nitrogens with zero attached hydrogens (tertiary/aromatic N) is 3. The Hall–Kier alpha value is -2.73. The standard InChI is InChI=1S/C19H20F3N5O/c1-17(2)9-18(11-24-10-17,27-14(28)7-19(20,21)22)13-4-3-12(8-23)15-16(13)26-6-5-25-15/h3-6,24H,7,9-11H2,1-2H3,(H,27,28)/t18-/m0/s1. The Bertz CT molecular complexity index is 951. The zero-order valence-electron chi connectivity index (χ0n) is 15.5. The number of carbonyl (C=O) groups excluding carboxylic acids is 1. The monoisotopic (exact) mass is 391 g/mol. The fourth-order valence-electron chi connectivity index (χ4n) is 3.93. The van der Waals surface area contributed by atoms with Crippen LogP contribution in [0.25, 0.3) is 11.0 Å². The molecule has 9 heteroatoms. The number of hydrogen-bond donors (Lipinski definition) is 2. The van der Waals surface area contributed by atoms with Gasteiger partial charge < -0.3 is 10.6 Å². The van der Waals surface area contributed by atoms with Gasteiger partial charge in [-0.25, -0.2) is 0 Å². The van der Waals surface area contributed by atoms with Crippen LogP contribution in [0.3, 0.4) is 0 Å². The summed E-state index contributed by atoms with van der Waals surface area (Å²) in [6, 6.07) is 5.25. The SMILES string of the molecule is CC1(C)CNC[C@](NC(=O)CC(F)(F)F)(c2ccc(C#N)c3nccnc23)C1. The molecule has 0 saturated carbocycles. The Morgan fingerprint density at radius 3 is 2.54 bits per heavy atom. The van der Waals surface area contributed by atoms with Crippen molar-refractivity contribution in [2.45, 2.75) is 38.4 Å². The van der Waals surface area contributed by atoms with Crippen LogP contribution in [0.2, 0.25) is 0 Å². The predicted octanol–water partition coefficient (Wildman–Crippen LogP) is 2.78. The van der Waals surface area contributed by atoms with Gasteiger partial charge in [0.15, 0.2) is 0 Å². The molecule has 1 aliphatic rings. The number of aromatic nitrogens is 2. The van der Waals surface area contributed by atoms with Gasteiger partial charge in [0.1, 0.15) is 18.0 Å². The van der Waals surface area contributed by atoms with Crippen LogP contribution in [0, 0.1) is 16.7 Å². The van der Waals surface area contributed by atoms with Crippen LogP contribution in [0.4, 0.5) is 13.2 Å². The molecule has 0 aliphatic carbocycles. The molecule has 0 unspecified atom stereocenters. The molecule has 2 heterocycles. The van der Waals surface area contributed by atoms with E-state index in [-0.39, 0.29) is 12.0 Å². The summed E-state index contributed by atoms with van der Waals surface area (Å²) in [5, 5.41) is 15.2. The largest absolute Gasteiger partial charge is 0.397 e. The van der Waals surface area contributed by atoms with Crippen LogP contribution in [0.1, 0.15) is 37.8 Å². The van der Waals surface area contributed by atoms with Gasteiger partial charge in [-0.05, 0) is 17.9 Å². The summed E-state index contributed by atoms with van der Waals surface area (Å²) in [5.74, 6) is -1.10. The quantitative estimate of drug-likeness (QED) is 0.840. The van der Waals surface area contributed by atoms with E-state index in [9.17, 15) is 23.2 Å². The number of alkyl halides is 3. The lowest BCUT2D eigenvalue weighted by Gasteiger charge is -2.46. The minimum atomic E-state index is -4.60. The van der Waals surface area contributed by atoms with E-state index < -0.39 is 24.0 Å². The van der Waals surface area contributed by atoms with Gasteiger partial charge in [0, 0.05) is 31.0 Å². The molecule has 1 atom stereocenters. The highest BCUT2D eigenvalue weighted by molar-refractivity contribution is 5.86. The van der Waals surface area contributed by atoms with Crippen LogP contribution >= 0.6 is 0 Å². The molecule has 1 aromatic heterocycles. The van der Waals surface area contributed by atoms with Crippen molar-refractivity contribution in [2.24, 2.45) is 5.41 Å². The molecule has 1 aromatic carbocycles. The molecule has 1 aliphatic heterocycles. The van der Waals surface area contributed by atoms with Crippen LogP contribution in [-0.4, -0.2) is 35.1 Å². The molecule has 0 spiro atoms. The number of nitrogens with one attached hydrogen (secondary N) is 2. The Morgan fingerprint density at radius 1 is 1.25 bits per heavy atom. The second kappa shape index (κ2) is 7.02. The summed E-state index contributed by atoms with van der Waals surface area (Å²) in [7, 11) is 0. The van der Waals surface area contributed by atoms with E-state index in [2.05, 4.69) is 20.6 Å². The third kappa shape index (κ3) is 4.07. The summed E-state index contributed by atoms with van der Waals surface area (Å²) < 4.78 is 38.3. The minimum Gasteiger partial charge on any atom is -0.345 e. The van der Waals surface area contributed by atoms with Gasteiger partial charge in [-0.15, -0.1) is 0 Å². The first kappa shape index (κ1) is 20.0. The van der Waals surface area contributed by atoms with Crippen molar-refractivity contribution >= 4 is 16.9 Å². The number of piperidine rings is 1. The molecule has 0 bridgehead atoms. The first-order chi connectivity index (χ1) is 13.1. The Kier molecular flexibility index (Phi) is 5.02. The maximum absolute atomic E-state index is 12.8. The van der Waals surface area contributed by atoms with Gasteiger partial charge in [-0.3, -0.25) is 14.8 Å². The predicted molar refractivity (Wildman–Crippen MR) is 96.0 cm³/mol. The zero-order chi connectivity index (χ0) is 20.6. The summed E-state index contributed by atoms with van der Waals surface area (Å²) in [6.45, 7) is 4.85. The molecular formula is C19H20F3N5O. The number of amides is 1. The van der Waals surface area contributed by atoms with Crippen LogP contribution < -0.4 is 10.6 Å². The molecule has 3 rings (SSSR count). The average molecular weight is 391 g/mol. The average Bonchev–Trinajstić information content (AvgIpc) is 2.58. The third-order valence-corrected chi connectivity index (χ3v) is 4.81. The molecule has 28 heavy (non-hydrogen) atoms. The van der Waals surface area contributed by atoms with E-state index in [1.165, 1.54) is 12.4 Å². The number of carbonyl (C=O) groups is 1. The van der Waals surface area contributed by atoms with Crippen LogP contribution in [0.5, 0.6) is 0 Å². The molecule has 0 radical (unpaired) electrons. The van der Waals surface area contributed by atoms with Crippen molar-refractivity contribution in [3.63, 3.8) is 0 Å². The minimum absolute atomic E-state index is 0.248. The highest BCUT2D eigenvalue weighted by Gasteiger charge is 2.45. The number of halogens is 3. The number of fused-ring (bicyclic) bond motifs is 1. The smallest absolute Gasteiger partial charge is 0.345 e. The lowest BCUT2D eigenvalue weighted by Crippen LogP contribution is -2.60. The number of rotatable bonds is 3. The summed E-state index contributed by atoms with van der Waals surface area (Å²) in [6.07, 6.45) is -2.84. The molecule has 148 valence electrons. The van der Waals surface area contributed by atoms with Crippen molar-refractivity contribution in [1.82, 2.24) is 20.6 Å². The summed E-state index contributed by atoms with van der Waals surface area (Å²) in [5.41, 5.74) is 0.221. The van der Waals surface area contributed by atoms with E-state index in [0.717, 1.165) is 0 Å². The molecule has 2 N–H and O–H groups in total. The molecule has 2 aromatic rings. The van der Waals surface area contributed by atoms with Gasteiger partial charge >= 0.3 is 6.18 Å². The highest BCUT2D eigenvalue weighted by Crippen LogP contribution is 2.40. The van der Waals surface area contributed by atoms with Gasteiger partial charge in [0.25, 0.3) is 0 Å². The Morgan fingerprint density at radius 2 is 1.93 bits per heavy atom. The Balaban J connectivity index is 2.14. The van der Waals surface area contributed by atoms with Crippen molar-refractivity contribution in [3.05, 3.63) is 35.7 Å². The van der Waals surface area contributed by atoms with E-state index >= 15 is 0 Å². The first-order valence-corrected chi connectivity index (χ1v) is 8.78. The zero-order valence-corrected chi connectivity index (χ0v) is 15.5. The van der Waals surface area contributed by atoms with Crippen LogP contribution in [0.15, 0.2) is 24.5 Å². The summed E-state index contributed by atoms with van der Waals surface area (Å²) in [4.78, 5) is 20.8. The lowest BCUT2D eigenvalue weighted by atomic mass is 9.71. The topological polar surface area (TPSA) is 90.7 Å². The number of benzene rings is 1. The van der Waals surface area contributed by atoms with Gasteiger partial charge in [-0.1, -0.05) is 19.9 Å². The maximum atomic E-state index is 12.8. The first-order valence-electron chi connectivity index (χ1n) is 8.78. The van der Waals surface area contributed by atoms with Crippen molar-refractivity contribution < 1.29 is 18.0 Å². The number of nitriles is 1. The maximum Gasteiger partial charge on any atom is 0.397 e. The van der Waals surface area contributed by atoms with E-state index in [1.807, 2.05) is 19.9 Å².